The Hall–Kier alpha value is -2.61. The molecule has 0 saturated carbocycles. The van der Waals surface area contributed by atoms with E-state index in [9.17, 15) is 4.79 Å². The maximum absolute atomic E-state index is 12.9. The molecule has 0 fully saturated rings. The lowest BCUT2D eigenvalue weighted by Gasteiger charge is -2.29. The van der Waals surface area contributed by atoms with E-state index >= 15 is 0 Å². The number of rotatable bonds is 9. The van der Waals surface area contributed by atoms with Gasteiger partial charge in [0.05, 0.1) is 23.5 Å². The van der Waals surface area contributed by atoms with Crippen LogP contribution in [0.25, 0.3) is 11.3 Å². The number of aromatic nitrogens is 1. The highest BCUT2D eigenvalue weighted by Crippen LogP contribution is 2.37. The smallest absolute Gasteiger partial charge is 0.242 e. The number of nitrogens with zero attached hydrogens (tertiary/aromatic N) is 3. The zero-order valence-corrected chi connectivity index (χ0v) is 19.7. The lowest BCUT2D eigenvalue weighted by atomic mass is 10.2. The summed E-state index contributed by atoms with van der Waals surface area (Å²) in [5.74, 6) is 0.711. The Morgan fingerprint density at radius 1 is 1.19 bits per heavy atom. The van der Waals surface area contributed by atoms with Crippen LogP contribution in [-0.4, -0.2) is 56.1 Å². The molecule has 164 valence electrons. The van der Waals surface area contributed by atoms with Crippen LogP contribution in [0.2, 0.25) is 5.02 Å². The van der Waals surface area contributed by atoms with E-state index in [1.54, 1.807) is 7.11 Å². The average Bonchev–Trinajstić information content (AvgIpc) is 3.24. The number of likely N-dealkylation sites (N-methyl/N-ethyl adjacent to an activating group) is 1. The van der Waals surface area contributed by atoms with Crippen molar-refractivity contribution in [1.82, 2.24) is 15.2 Å². The Bertz CT molecular complexity index is 1010. The first-order chi connectivity index (χ1) is 14.9. The van der Waals surface area contributed by atoms with E-state index < -0.39 is 6.04 Å². The molecule has 0 radical (unpaired) electrons. The number of hydrogen-bond donors (Lipinski definition) is 1. The molecule has 0 aliphatic carbocycles. The number of methoxy groups -OCH3 is 1. The summed E-state index contributed by atoms with van der Waals surface area (Å²) in [7, 11) is 5.59. The van der Waals surface area contributed by atoms with Crippen LogP contribution in [0.1, 0.15) is 6.92 Å². The summed E-state index contributed by atoms with van der Waals surface area (Å²) >= 11 is 7.98. The standard InChI is InChI=1S/C23H27ClN4O2S/c1-16(22(29)25-13-14-27(2)3)28(21-8-6-5-7-19(21)24)23-26-20(15-31-23)17-9-11-18(30-4)12-10-17/h5-12,15-16H,13-14H2,1-4H3,(H,25,29). The number of anilines is 2. The highest BCUT2D eigenvalue weighted by molar-refractivity contribution is 7.14. The normalized spacial score (nSPS) is 11.9. The van der Waals surface area contributed by atoms with Gasteiger partial charge in [0, 0.05) is 24.0 Å². The summed E-state index contributed by atoms with van der Waals surface area (Å²) in [4.78, 5) is 21.7. The lowest BCUT2D eigenvalue weighted by molar-refractivity contribution is -0.121. The maximum atomic E-state index is 12.9. The van der Waals surface area contributed by atoms with Crippen LogP contribution >= 0.6 is 22.9 Å². The quantitative estimate of drug-likeness (QED) is 0.504. The van der Waals surface area contributed by atoms with Crippen LogP contribution in [0.15, 0.2) is 53.9 Å². The van der Waals surface area contributed by atoms with Crippen molar-refractivity contribution in [3.63, 3.8) is 0 Å². The molecule has 31 heavy (non-hydrogen) atoms. The molecule has 3 rings (SSSR count). The molecule has 0 spiro atoms. The van der Waals surface area contributed by atoms with Gasteiger partial charge in [-0.05, 0) is 57.4 Å². The van der Waals surface area contributed by atoms with E-state index in [1.807, 2.05) is 84.7 Å². The van der Waals surface area contributed by atoms with Crippen LogP contribution < -0.4 is 15.0 Å². The summed E-state index contributed by atoms with van der Waals surface area (Å²) in [5, 5.41) is 6.26. The molecular formula is C23H27ClN4O2S. The number of benzene rings is 2. The molecule has 6 nitrogen and oxygen atoms in total. The number of hydrogen-bond acceptors (Lipinski definition) is 6. The van der Waals surface area contributed by atoms with Crippen LogP contribution in [-0.2, 0) is 4.79 Å². The van der Waals surface area contributed by atoms with E-state index in [0.717, 1.165) is 29.2 Å². The van der Waals surface area contributed by atoms with E-state index in [0.29, 0.717) is 16.7 Å². The van der Waals surface area contributed by atoms with Gasteiger partial charge in [-0.25, -0.2) is 4.98 Å². The van der Waals surface area contributed by atoms with Crippen molar-refractivity contribution in [2.45, 2.75) is 13.0 Å². The van der Waals surface area contributed by atoms with Crippen LogP contribution in [0, 0.1) is 0 Å². The predicted molar refractivity (Wildman–Crippen MR) is 129 cm³/mol. The molecule has 1 atom stereocenters. The summed E-state index contributed by atoms with van der Waals surface area (Å²) < 4.78 is 5.24. The van der Waals surface area contributed by atoms with Gasteiger partial charge in [-0.3, -0.25) is 4.79 Å². The van der Waals surface area contributed by atoms with E-state index in [4.69, 9.17) is 21.3 Å². The second-order valence-electron chi connectivity index (χ2n) is 7.34. The SMILES string of the molecule is COc1ccc(-c2csc(N(c3ccccc3Cl)C(C)C(=O)NCCN(C)C)n2)cc1. The average molecular weight is 459 g/mol. The van der Waals surface area contributed by atoms with Gasteiger partial charge >= 0.3 is 0 Å². The van der Waals surface area contributed by atoms with Crippen molar-refractivity contribution in [2.75, 3.05) is 39.2 Å². The molecule has 0 saturated heterocycles. The first kappa shape index (κ1) is 23.1. The third kappa shape index (κ3) is 5.76. The second-order valence-corrected chi connectivity index (χ2v) is 8.58. The predicted octanol–water partition coefficient (Wildman–Crippen LogP) is 4.68. The number of thiazole rings is 1. The first-order valence-electron chi connectivity index (χ1n) is 9.97. The van der Waals surface area contributed by atoms with Gasteiger partial charge in [-0.2, -0.15) is 0 Å². The van der Waals surface area contributed by atoms with Crippen LogP contribution in [0.3, 0.4) is 0 Å². The highest BCUT2D eigenvalue weighted by atomic mass is 35.5. The fraction of sp³-hybridized carbons (Fsp3) is 0.304. The molecule has 8 heteroatoms. The Labute approximate surface area is 192 Å². The van der Waals surface area contributed by atoms with E-state index in [2.05, 4.69) is 5.32 Å². The minimum Gasteiger partial charge on any atom is -0.497 e. The van der Waals surface area contributed by atoms with Gasteiger partial charge in [0.2, 0.25) is 5.91 Å². The first-order valence-corrected chi connectivity index (χ1v) is 11.2. The van der Waals surface area contributed by atoms with Gasteiger partial charge < -0.3 is 19.9 Å². The van der Waals surface area contributed by atoms with Gasteiger partial charge in [0.15, 0.2) is 5.13 Å². The maximum Gasteiger partial charge on any atom is 0.242 e. The summed E-state index contributed by atoms with van der Waals surface area (Å²) in [6.07, 6.45) is 0. The minimum absolute atomic E-state index is 0.0806. The molecule has 1 heterocycles. The number of para-hydroxylation sites is 1. The molecule has 1 amide bonds. The van der Waals surface area contributed by atoms with E-state index in [-0.39, 0.29) is 5.91 Å². The lowest BCUT2D eigenvalue weighted by Crippen LogP contribution is -2.44. The summed E-state index contributed by atoms with van der Waals surface area (Å²) in [6.45, 7) is 3.20. The topological polar surface area (TPSA) is 57.7 Å². The van der Waals surface area contributed by atoms with Gasteiger partial charge in [0.25, 0.3) is 0 Å². The Kier molecular flexibility index (Phi) is 7.90. The van der Waals surface area contributed by atoms with E-state index in [1.165, 1.54) is 11.3 Å². The molecule has 2 aromatic carbocycles. The van der Waals surface area contributed by atoms with Crippen molar-refractivity contribution >= 4 is 39.7 Å². The van der Waals surface area contributed by atoms with Gasteiger partial charge in [0.1, 0.15) is 11.8 Å². The number of halogens is 1. The number of ether oxygens (including phenoxy) is 1. The number of carbonyl (C=O) groups is 1. The van der Waals surface area contributed by atoms with Crippen molar-refractivity contribution < 1.29 is 9.53 Å². The fourth-order valence-corrected chi connectivity index (χ4v) is 4.22. The van der Waals surface area contributed by atoms with Crippen molar-refractivity contribution in [1.29, 1.82) is 0 Å². The molecule has 0 aliphatic rings. The Morgan fingerprint density at radius 2 is 1.90 bits per heavy atom. The molecule has 3 aromatic rings. The Balaban J connectivity index is 1.91. The third-order valence-electron chi connectivity index (χ3n) is 4.82. The zero-order chi connectivity index (χ0) is 22.4. The largest absolute Gasteiger partial charge is 0.497 e. The molecule has 0 bridgehead atoms. The summed E-state index contributed by atoms with van der Waals surface area (Å²) in [5.41, 5.74) is 2.56. The number of amides is 1. The molecule has 1 unspecified atom stereocenters. The highest BCUT2D eigenvalue weighted by Gasteiger charge is 2.27. The number of nitrogens with one attached hydrogen (secondary N) is 1. The van der Waals surface area contributed by atoms with Gasteiger partial charge in [-0.15, -0.1) is 11.3 Å². The number of carbonyl (C=O) groups excluding carboxylic acids is 1. The van der Waals surface area contributed by atoms with Crippen molar-refractivity contribution in [3.05, 3.63) is 58.9 Å². The molecule has 0 aliphatic heterocycles. The summed E-state index contributed by atoms with van der Waals surface area (Å²) in [6, 6.07) is 14.8. The fourth-order valence-electron chi connectivity index (χ4n) is 3.06. The van der Waals surface area contributed by atoms with Crippen molar-refractivity contribution in [2.24, 2.45) is 0 Å². The monoisotopic (exact) mass is 458 g/mol. The zero-order valence-electron chi connectivity index (χ0n) is 18.1. The molecule has 1 N–H and O–H groups in total. The van der Waals surface area contributed by atoms with Crippen molar-refractivity contribution in [3.8, 4) is 17.0 Å². The third-order valence-corrected chi connectivity index (χ3v) is 5.98. The second kappa shape index (κ2) is 10.6. The van der Waals surface area contributed by atoms with Gasteiger partial charge in [-0.1, -0.05) is 23.7 Å². The van der Waals surface area contributed by atoms with Crippen LogP contribution in [0.5, 0.6) is 5.75 Å². The molecule has 1 aromatic heterocycles. The minimum atomic E-state index is -0.489. The Morgan fingerprint density at radius 3 is 2.55 bits per heavy atom. The molecular weight excluding hydrogens is 432 g/mol. The van der Waals surface area contributed by atoms with Crippen LogP contribution in [0.4, 0.5) is 10.8 Å².